The van der Waals surface area contributed by atoms with Crippen LogP contribution in [-0.2, 0) is 9.59 Å². The molecule has 0 aromatic carbocycles. The molecule has 0 aromatic heterocycles. The second kappa shape index (κ2) is 9.68. The normalized spacial score (nSPS) is 14.2. The molecule has 0 heterocycles. The topological polar surface area (TPSA) is 128 Å². The van der Waals surface area contributed by atoms with Crippen LogP contribution in [0.25, 0.3) is 0 Å². The van der Waals surface area contributed by atoms with Crippen LogP contribution in [0.4, 0.5) is 0 Å². The number of carbonyl (C=O) groups excluding carboxylic acids is 1. The third-order valence-electron chi connectivity index (χ3n) is 2.34. The smallest absolute Gasteiger partial charge is 0.319 e. The van der Waals surface area contributed by atoms with Crippen molar-refractivity contribution in [3.63, 3.8) is 0 Å². The average Bonchev–Trinajstić information content (AvgIpc) is 2.24. The zero-order valence-electron chi connectivity index (χ0n) is 11.4. The van der Waals surface area contributed by atoms with Crippen LogP contribution in [0, 0.1) is 0 Å². The van der Waals surface area contributed by atoms with E-state index in [1.807, 2.05) is 6.92 Å². The number of nitrogens with two attached hydrogens (primary N) is 1. The molecule has 1 amide bonds. The number of hydrogen-bond donors (Lipinski definition) is 5. The number of likely N-dealkylation sites (N-methyl/N-ethyl adjacent to an activating group) is 2. The zero-order valence-corrected chi connectivity index (χ0v) is 11.4. The molecule has 0 fully saturated rings. The Labute approximate surface area is 112 Å². The number of carboxylic acids is 1. The number of hydrogen-bond acceptors (Lipinski definition) is 6. The van der Waals surface area contributed by atoms with Gasteiger partial charge >= 0.3 is 5.97 Å². The molecule has 6 N–H and O–H groups in total. The summed E-state index contributed by atoms with van der Waals surface area (Å²) < 4.78 is 0. The Bertz CT molecular complexity index is 288. The number of hydrazine groups is 1. The van der Waals surface area contributed by atoms with Gasteiger partial charge in [-0.25, -0.2) is 5.01 Å². The lowest BCUT2D eigenvalue weighted by Crippen LogP contribution is -2.44. The Morgan fingerprint density at radius 1 is 1.42 bits per heavy atom. The highest BCUT2D eigenvalue weighted by Crippen LogP contribution is 2.00. The third-order valence-corrected chi connectivity index (χ3v) is 2.34. The van der Waals surface area contributed by atoms with Crippen molar-refractivity contribution in [2.75, 3.05) is 26.7 Å². The van der Waals surface area contributed by atoms with Crippen molar-refractivity contribution in [2.24, 2.45) is 5.73 Å². The Morgan fingerprint density at radius 3 is 2.58 bits per heavy atom. The van der Waals surface area contributed by atoms with E-state index in [2.05, 4.69) is 10.7 Å². The molecule has 0 radical (unpaired) electrons. The van der Waals surface area contributed by atoms with Gasteiger partial charge in [0.1, 0.15) is 6.54 Å². The molecular formula is C11H24N4O4. The minimum absolute atomic E-state index is 0.0349. The number of aliphatic hydroxyl groups is 1. The minimum Gasteiger partial charge on any atom is -0.480 e. The van der Waals surface area contributed by atoms with Crippen molar-refractivity contribution in [3.8, 4) is 0 Å². The summed E-state index contributed by atoms with van der Waals surface area (Å²) in [6.45, 7) is 2.83. The molecule has 8 heteroatoms. The van der Waals surface area contributed by atoms with E-state index in [0.29, 0.717) is 13.0 Å². The summed E-state index contributed by atoms with van der Waals surface area (Å²) in [5.74, 6) is -1.40. The SMILES string of the molecule is CCNC[C@H](O)C[C@@H](N)CC(=O)NN(C)CC(=O)O. The number of nitrogens with zero attached hydrogens (tertiary/aromatic N) is 1. The maximum atomic E-state index is 11.5. The summed E-state index contributed by atoms with van der Waals surface area (Å²) in [7, 11) is 1.46. The molecule has 0 rings (SSSR count). The maximum absolute atomic E-state index is 11.5. The largest absolute Gasteiger partial charge is 0.480 e. The van der Waals surface area contributed by atoms with E-state index in [-0.39, 0.29) is 18.9 Å². The predicted octanol–water partition coefficient (Wildman–Crippen LogP) is -1.89. The van der Waals surface area contributed by atoms with Crippen LogP contribution >= 0.6 is 0 Å². The fraction of sp³-hybridized carbons (Fsp3) is 0.818. The van der Waals surface area contributed by atoms with Crippen LogP contribution in [0.5, 0.6) is 0 Å². The van der Waals surface area contributed by atoms with E-state index < -0.39 is 18.1 Å². The number of nitrogens with one attached hydrogen (secondary N) is 2. The summed E-state index contributed by atoms with van der Waals surface area (Å²) in [6.07, 6.45) is -0.254. The molecule has 0 aliphatic heterocycles. The molecule has 19 heavy (non-hydrogen) atoms. The second-order valence-electron chi connectivity index (χ2n) is 4.45. The van der Waals surface area contributed by atoms with Gasteiger partial charge in [-0.3, -0.25) is 15.0 Å². The van der Waals surface area contributed by atoms with Crippen LogP contribution in [-0.4, -0.2) is 65.9 Å². The molecule has 0 saturated heterocycles. The first kappa shape index (κ1) is 17.8. The molecule has 8 nitrogen and oxygen atoms in total. The Morgan fingerprint density at radius 2 is 2.05 bits per heavy atom. The van der Waals surface area contributed by atoms with Crippen molar-refractivity contribution in [3.05, 3.63) is 0 Å². The van der Waals surface area contributed by atoms with Crippen molar-refractivity contribution in [1.82, 2.24) is 15.8 Å². The first-order valence-corrected chi connectivity index (χ1v) is 6.21. The first-order chi connectivity index (χ1) is 8.85. The van der Waals surface area contributed by atoms with Gasteiger partial charge in [0.05, 0.1) is 6.10 Å². The van der Waals surface area contributed by atoms with Crippen LogP contribution < -0.4 is 16.5 Å². The van der Waals surface area contributed by atoms with E-state index in [4.69, 9.17) is 10.8 Å². The van der Waals surface area contributed by atoms with E-state index in [0.717, 1.165) is 6.54 Å². The quantitative estimate of drug-likeness (QED) is 0.295. The summed E-state index contributed by atoms with van der Waals surface area (Å²) in [5, 5.41) is 22.3. The molecule has 0 unspecified atom stereocenters. The van der Waals surface area contributed by atoms with Gasteiger partial charge in [-0.05, 0) is 13.0 Å². The standard InChI is InChI=1S/C11H24N4O4/c1-3-13-6-9(16)4-8(12)5-10(17)14-15(2)7-11(18)19/h8-9,13,16H,3-7,12H2,1-2H3,(H,14,17)(H,18,19)/t8-,9-/m1/s1. The van der Waals surface area contributed by atoms with Crippen molar-refractivity contribution >= 4 is 11.9 Å². The summed E-state index contributed by atoms with van der Waals surface area (Å²) in [4.78, 5) is 21.9. The van der Waals surface area contributed by atoms with Crippen molar-refractivity contribution in [1.29, 1.82) is 0 Å². The Kier molecular flexibility index (Phi) is 9.06. The maximum Gasteiger partial charge on any atom is 0.319 e. The number of carboxylic acid groups (broad SMARTS) is 1. The lowest BCUT2D eigenvalue weighted by atomic mass is 10.1. The number of amides is 1. The Balaban J connectivity index is 3.88. The van der Waals surface area contributed by atoms with Crippen LogP contribution in [0.3, 0.4) is 0 Å². The fourth-order valence-electron chi connectivity index (χ4n) is 1.57. The van der Waals surface area contributed by atoms with Gasteiger partial charge in [0.15, 0.2) is 0 Å². The second-order valence-corrected chi connectivity index (χ2v) is 4.45. The van der Waals surface area contributed by atoms with E-state index >= 15 is 0 Å². The highest BCUT2D eigenvalue weighted by molar-refractivity contribution is 5.76. The summed E-state index contributed by atoms with van der Waals surface area (Å²) in [6, 6.07) is -0.466. The number of aliphatic carboxylic acids is 1. The minimum atomic E-state index is -1.03. The first-order valence-electron chi connectivity index (χ1n) is 6.21. The van der Waals surface area contributed by atoms with Crippen molar-refractivity contribution < 1.29 is 19.8 Å². The molecule has 0 aliphatic carbocycles. The van der Waals surface area contributed by atoms with Crippen molar-refractivity contribution in [2.45, 2.75) is 31.9 Å². The van der Waals surface area contributed by atoms with Gasteiger partial charge in [0.2, 0.25) is 5.91 Å². The molecule has 2 atom stereocenters. The molecular weight excluding hydrogens is 252 g/mol. The predicted molar refractivity (Wildman–Crippen MR) is 70.2 cm³/mol. The van der Waals surface area contributed by atoms with E-state index in [9.17, 15) is 14.7 Å². The summed E-state index contributed by atoms with van der Waals surface area (Å²) in [5.41, 5.74) is 8.14. The molecule has 0 bridgehead atoms. The highest BCUT2D eigenvalue weighted by atomic mass is 16.4. The van der Waals surface area contributed by atoms with Crippen LogP contribution in [0.15, 0.2) is 0 Å². The van der Waals surface area contributed by atoms with Gasteiger partial charge in [-0.1, -0.05) is 6.92 Å². The van der Waals surface area contributed by atoms with Crippen LogP contribution in [0.1, 0.15) is 19.8 Å². The molecule has 0 spiro atoms. The van der Waals surface area contributed by atoms with E-state index in [1.165, 1.54) is 12.1 Å². The third kappa shape index (κ3) is 10.4. The number of rotatable bonds is 10. The highest BCUT2D eigenvalue weighted by Gasteiger charge is 2.15. The monoisotopic (exact) mass is 276 g/mol. The lowest BCUT2D eigenvalue weighted by Gasteiger charge is -2.19. The fourth-order valence-corrected chi connectivity index (χ4v) is 1.57. The number of aliphatic hydroxyl groups excluding tert-OH is 1. The van der Waals surface area contributed by atoms with Gasteiger partial charge in [0, 0.05) is 26.1 Å². The summed E-state index contributed by atoms with van der Waals surface area (Å²) >= 11 is 0. The van der Waals surface area contributed by atoms with Crippen LogP contribution in [0.2, 0.25) is 0 Å². The average molecular weight is 276 g/mol. The van der Waals surface area contributed by atoms with Gasteiger partial charge in [-0.2, -0.15) is 0 Å². The zero-order chi connectivity index (χ0) is 14.8. The molecule has 0 aliphatic rings. The molecule has 0 saturated carbocycles. The molecule has 112 valence electrons. The van der Waals surface area contributed by atoms with Gasteiger partial charge in [0.25, 0.3) is 0 Å². The van der Waals surface area contributed by atoms with Gasteiger partial charge in [-0.15, -0.1) is 0 Å². The Hall–Kier alpha value is -1.22. The van der Waals surface area contributed by atoms with Gasteiger partial charge < -0.3 is 21.3 Å². The molecule has 0 aromatic rings. The lowest BCUT2D eigenvalue weighted by molar-refractivity contribution is -0.139. The van der Waals surface area contributed by atoms with E-state index in [1.54, 1.807) is 0 Å². The number of carbonyl (C=O) groups is 2.